The maximum atomic E-state index is 12.7. The fourth-order valence-corrected chi connectivity index (χ4v) is 7.22. The van der Waals surface area contributed by atoms with Gasteiger partial charge >= 0.3 is 0 Å². The minimum absolute atomic E-state index is 0.140. The van der Waals surface area contributed by atoms with Gasteiger partial charge in [-0.05, 0) is 24.0 Å². The standard InChI is InChI=1S/C38H46N8O8/c1-25(47)41-11-15-43(27(3)49)21-33-19-31(35-37(39-33,53-35)23-45(17-13-41)29(5)51)9-7-8-10-32-20-34-22-44(28(4)50)16-12-42(26(2)48)14-18-46(30(6)52)24-38(40-34)36(32)54-38/h19-20,35-36H,11-18,21-24H2,1-6H3/i43+1,44+1. The summed E-state index contributed by atoms with van der Waals surface area (Å²) < 4.78 is 12.3. The zero-order valence-electron chi connectivity index (χ0n) is 31.6. The SMILES string of the molecule is CC(=O)N1CCN(C(C)=O)CC23N=C(C=C(C#CC#CC4=CC5=NC6(CN(C(C)=O)CCN(C(C)=O)CC[15N](C(C)=O)C5)OC46)C2O3)C[15N](C(C)=O)CC1. The smallest absolute Gasteiger partial charge is 0.219 e. The Balaban J connectivity index is 1.27. The van der Waals surface area contributed by atoms with Crippen LogP contribution in [0.2, 0.25) is 0 Å². The average Bonchev–Trinajstić information content (AvgIpc) is 4.00. The third kappa shape index (κ3) is 8.40. The second-order valence-corrected chi connectivity index (χ2v) is 14.4. The fraction of sp³-hybridized carbons (Fsp3) is 0.579. The lowest BCUT2D eigenvalue weighted by molar-refractivity contribution is -0.134. The molecule has 6 amide bonds. The van der Waals surface area contributed by atoms with Crippen molar-refractivity contribution < 1.29 is 38.2 Å². The van der Waals surface area contributed by atoms with Gasteiger partial charge in [-0.3, -0.25) is 28.8 Å². The number of amides is 6. The van der Waals surface area contributed by atoms with Gasteiger partial charge in [0, 0.05) is 105 Å². The van der Waals surface area contributed by atoms with Crippen molar-refractivity contribution in [2.75, 3.05) is 78.5 Å². The highest BCUT2D eigenvalue weighted by Gasteiger charge is 2.62. The van der Waals surface area contributed by atoms with E-state index >= 15 is 0 Å². The van der Waals surface area contributed by atoms with Crippen LogP contribution in [0.5, 0.6) is 0 Å². The molecule has 0 radical (unpaired) electrons. The molecule has 54 heavy (non-hydrogen) atoms. The van der Waals surface area contributed by atoms with Crippen LogP contribution >= 0.6 is 0 Å². The van der Waals surface area contributed by atoms with Crippen LogP contribution in [0.1, 0.15) is 41.5 Å². The average molecular weight is 745 g/mol. The largest absolute Gasteiger partial charge is 0.339 e. The topological polar surface area (TPSA) is 172 Å². The first-order valence-corrected chi connectivity index (χ1v) is 18.1. The van der Waals surface area contributed by atoms with E-state index in [0.29, 0.717) is 61.8 Å². The lowest BCUT2D eigenvalue weighted by atomic mass is 10.00. The van der Waals surface area contributed by atoms with Gasteiger partial charge in [-0.15, -0.1) is 0 Å². The van der Waals surface area contributed by atoms with Crippen molar-refractivity contribution in [1.29, 1.82) is 0 Å². The number of carbonyl (C=O) groups is 6. The van der Waals surface area contributed by atoms with E-state index in [2.05, 4.69) is 23.7 Å². The summed E-state index contributed by atoms with van der Waals surface area (Å²) in [5, 5.41) is 0. The van der Waals surface area contributed by atoms with Gasteiger partial charge in [0.2, 0.25) is 46.9 Å². The molecular formula is C38H46N8O8. The Kier molecular flexibility index (Phi) is 10.8. The van der Waals surface area contributed by atoms with Crippen LogP contribution < -0.4 is 0 Å². The van der Waals surface area contributed by atoms with Crippen LogP contribution in [-0.2, 0) is 38.2 Å². The molecule has 16 nitrogen and oxygen atoms in total. The number of dihydropyridines is 2. The Morgan fingerprint density at radius 1 is 0.519 bits per heavy atom. The number of rotatable bonds is 0. The predicted octanol–water partition coefficient (Wildman–Crippen LogP) is -0.936. The van der Waals surface area contributed by atoms with Gasteiger partial charge in [0.25, 0.3) is 0 Å². The molecule has 16 heteroatoms. The first kappa shape index (κ1) is 38.4. The molecule has 6 aliphatic heterocycles. The lowest BCUT2D eigenvalue weighted by Crippen LogP contribution is -2.48. The van der Waals surface area contributed by atoms with Crippen LogP contribution in [0.3, 0.4) is 0 Å². The Bertz CT molecular complexity index is 1780. The minimum Gasteiger partial charge on any atom is -0.339 e. The van der Waals surface area contributed by atoms with E-state index in [1.807, 2.05) is 0 Å². The molecule has 2 fully saturated rings. The Morgan fingerprint density at radius 2 is 0.815 bits per heavy atom. The highest BCUT2D eigenvalue weighted by molar-refractivity contribution is 6.02. The van der Waals surface area contributed by atoms with Crippen molar-refractivity contribution in [3.05, 3.63) is 23.3 Å². The van der Waals surface area contributed by atoms with Gasteiger partial charge in [0.1, 0.15) is 12.2 Å². The number of hydrogen-bond acceptors (Lipinski definition) is 10. The highest BCUT2D eigenvalue weighted by atomic mass is 16.6. The molecule has 0 aliphatic carbocycles. The molecule has 4 atom stereocenters. The molecule has 4 unspecified atom stereocenters. The van der Waals surface area contributed by atoms with Gasteiger partial charge in [-0.25, -0.2) is 9.98 Å². The molecule has 6 heterocycles. The summed E-state index contributed by atoms with van der Waals surface area (Å²) in [5.41, 5.74) is 0.221. The van der Waals surface area contributed by atoms with Crippen molar-refractivity contribution in [2.45, 2.75) is 65.2 Å². The monoisotopic (exact) mass is 744 g/mol. The van der Waals surface area contributed by atoms with Gasteiger partial charge < -0.3 is 38.9 Å². The molecule has 2 spiro atoms. The second-order valence-electron chi connectivity index (χ2n) is 14.4. The molecule has 0 aromatic carbocycles. The first-order valence-electron chi connectivity index (χ1n) is 18.1. The number of nitrogens with zero attached hydrogens (tertiary/aromatic N) is 8. The van der Waals surface area contributed by atoms with E-state index in [4.69, 9.17) is 19.5 Å². The van der Waals surface area contributed by atoms with Crippen molar-refractivity contribution in [1.82, 2.24) is 29.4 Å². The number of ether oxygens (including phenoxy) is 2. The van der Waals surface area contributed by atoms with Gasteiger partial charge in [-0.2, -0.15) is 0 Å². The summed E-state index contributed by atoms with van der Waals surface area (Å²) >= 11 is 0. The molecule has 4 bridgehead atoms. The van der Waals surface area contributed by atoms with Gasteiger partial charge in [0.15, 0.2) is 0 Å². The second kappa shape index (κ2) is 15.2. The van der Waals surface area contributed by atoms with Crippen molar-refractivity contribution in [2.24, 2.45) is 9.98 Å². The summed E-state index contributed by atoms with van der Waals surface area (Å²) in [4.78, 5) is 94.7. The quantitative estimate of drug-likeness (QED) is 0.174. The van der Waals surface area contributed by atoms with E-state index in [1.165, 1.54) is 41.5 Å². The maximum absolute atomic E-state index is 12.7. The summed E-state index contributed by atoms with van der Waals surface area (Å²) in [6.07, 6.45) is 2.54. The summed E-state index contributed by atoms with van der Waals surface area (Å²) in [7, 11) is 0. The Morgan fingerprint density at radius 3 is 1.13 bits per heavy atom. The Hall–Kier alpha value is -5.32. The number of epoxide rings is 2. The molecule has 286 valence electrons. The number of hydrogen-bond donors (Lipinski definition) is 0. The molecule has 0 aromatic rings. The van der Waals surface area contributed by atoms with E-state index in [9.17, 15) is 28.8 Å². The first-order chi connectivity index (χ1) is 25.6. The van der Waals surface area contributed by atoms with E-state index in [-0.39, 0.29) is 74.7 Å². The van der Waals surface area contributed by atoms with Crippen LogP contribution in [0.15, 0.2) is 33.3 Å². The minimum atomic E-state index is -1.07. The van der Waals surface area contributed by atoms with Crippen molar-refractivity contribution >= 4 is 46.9 Å². The third-order valence-electron chi connectivity index (χ3n) is 10.5. The van der Waals surface area contributed by atoms with Crippen LogP contribution in [-0.4, -0.2) is 178 Å². The van der Waals surface area contributed by atoms with Crippen molar-refractivity contribution in [3.8, 4) is 23.7 Å². The van der Waals surface area contributed by atoms with Crippen molar-refractivity contribution in [3.63, 3.8) is 0 Å². The Labute approximate surface area is 314 Å². The lowest BCUT2D eigenvalue weighted by Gasteiger charge is -2.32. The van der Waals surface area contributed by atoms with Crippen LogP contribution in [0, 0.1) is 23.7 Å². The highest BCUT2D eigenvalue weighted by Crippen LogP contribution is 2.47. The zero-order chi connectivity index (χ0) is 38.9. The third-order valence-corrected chi connectivity index (χ3v) is 10.5. The summed E-state index contributed by atoms with van der Waals surface area (Å²) in [5.74, 6) is 11.2. The maximum Gasteiger partial charge on any atom is 0.219 e. The fourth-order valence-electron chi connectivity index (χ4n) is 7.22. The predicted molar refractivity (Wildman–Crippen MR) is 195 cm³/mol. The van der Waals surface area contributed by atoms with Gasteiger partial charge in [-0.1, -0.05) is 11.8 Å². The van der Waals surface area contributed by atoms with Crippen LogP contribution in [0.4, 0.5) is 0 Å². The van der Waals surface area contributed by atoms with E-state index in [0.717, 1.165) is 0 Å². The molecule has 6 rings (SSSR count). The molecule has 0 aromatic heterocycles. The van der Waals surface area contributed by atoms with E-state index < -0.39 is 23.7 Å². The molecule has 0 saturated carbocycles. The molecule has 6 aliphatic rings. The normalized spacial score (nSPS) is 28.0. The number of aliphatic imine (C=N–C) groups is 2. The molecule has 2 saturated heterocycles. The summed E-state index contributed by atoms with van der Waals surface area (Å²) in [6, 6.07) is 0. The molecule has 0 N–H and O–H groups in total. The zero-order valence-corrected chi connectivity index (χ0v) is 31.6. The number of carbonyl (C=O) groups excluding carboxylic acids is 6. The summed E-state index contributed by atoms with van der Waals surface area (Å²) in [6.45, 7) is 11.9. The molecular weight excluding hydrogens is 698 g/mol. The van der Waals surface area contributed by atoms with Crippen LogP contribution in [0.25, 0.3) is 0 Å². The van der Waals surface area contributed by atoms with E-state index in [1.54, 1.807) is 41.6 Å². The van der Waals surface area contributed by atoms with Gasteiger partial charge in [0.05, 0.1) is 37.6 Å².